The predicted molar refractivity (Wildman–Crippen MR) is 196 cm³/mol. The molecule has 5 N–H and O–H groups in total. The number of nitrogens with one attached hydrogen (secondary N) is 3. The molecule has 0 radical (unpaired) electrons. The van der Waals surface area contributed by atoms with E-state index in [2.05, 4.69) is 16.0 Å². The third kappa shape index (κ3) is 8.64. The number of nitrogens with two attached hydrogens (primary N) is 1. The molecule has 1 saturated heterocycles. The summed E-state index contributed by atoms with van der Waals surface area (Å²) in [7, 11) is -3.82. The van der Waals surface area contributed by atoms with Crippen LogP contribution in [0.4, 0.5) is 4.79 Å². The maximum absolute atomic E-state index is 14.5. The van der Waals surface area contributed by atoms with Gasteiger partial charge < -0.3 is 26.6 Å². The van der Waals surface area contributed by atoms with Crippen molar-refractivity contribution in [2.45, 2.75) is 116 Å². The van der Waals surface area contributed by atoms with Crippen molar-refractivity contribution < 1.29 is 32.4 Å². The van der Waals surface area contributed by atoms with E-state index < -0.39 is 69.1 Å². The summed E-state index contributed by atoms with van der Waals surface area (Å²) in [6.45, 7) is 14.1. The van der Waals surface area contributed by atoms with E-state index in [-0.39, 0.29) is 46.4 Å². The number of amides is 5. The lowest BCUT2D eigenvalue weighted by atomic mass is 9.80. The Bertz CT molecular complexity index is 1630. The van der Waals surface area contributed by atoms with Gasteiger partial charge in [0.05, 0.1) is 10.9 Å². The van der Waals surface area contributed by atoms with Gasteiger partial charge in [0.1, 0.15) is 12.1 Å². The van der Waals surface area contributed by atoms with Gasteiger partial charge in [0, 0.05) is 25.7 Å². The molecule has 288 valence electrons. The highest BCUT2D eigenvalue weighted by Crippen LogP contribution is 2.65. The molecule has 5 rings (SSSR count). The first kappa shape index (κ1) is 39.7. The minimum Gasteiger partial charge on any atom is -0.363 e. The molecule has 4 aliphatic rings. The van der Waals surface area contributed by atoms with E-state index in [1.807, 2.05) is 48.5 Å². The van der Waals surface area contributed by atoms with Gasteiger partial charge in [-0.05, 0) is 71.8 Å². The van der Waals surface area contributed by atoms with E-state index in [1.165, 1.54) is 9.21 Å². The molecule has 52 heavy (non-hydrogen) atoms. The number of likely N-dealkylation sites (tertiary alicyclic amines) is 1. The quantitative estimate of drug-likeness (QED) is 0.187. The molecule has 14 heteroatoms. The lowest BCUT2D eigenvalue weighted by Crippen LogP contribution is -2.62. The number of piperidine rings is 1. The molecule has 3 saturated carbocycles. The van der Waals surface area contributed by atoms with Crippen LogP contribution in [-0.4, -0.2) is 91.0 Å². The van der Waals surface area contributed by atoms with Gasteiger partial charge in [-0.1, -0.05) is 85.9 Å². The SMILES string of the molecule is CC(C)[C@@H](CN(CC1CC1)S(=O)(=O)c1ccccc1)NC(=O)N[C@H](C(=O)N1C[C@H]2[C@@H]([C@H]1C(=O)NC(CC1CCC1)C(=O)C(N)=O)C2(C)C)C(C)(C)C. The second kappa shape index (κ2) is 15.1. The summed E-state index contributed by atoms with van der Waals surface area (Å²) in [4.78, 5) is 68.7. The molecule has 3 aliphatic carbocycles. The Balaban J connectivity index is 1.32. The number of rotatable bonds is 16. The van der Waals surface area contributed by atoms with E-state index in [4.69, 9.17) is 5.73 Å². The molecule has 1 unspecified atom stereocenters. The zero-order valence-corrected chi connectivity index (χ0v) is 32.5. The van der Waals surface area contributed by atoms with E-state index in [1.54, 1.807) is 30.3 Å². The standard InChI is InChI=1S/C38H58N6O7S/c1-22(2)28(21-43(19-24-16-17-24)52(50,51)25-14-9-8-10-15-25)41-36(49)42-32(37(3,4)5)35(48)44-20-26-29(38(26,6)7)30(44)34(47)40-27(31(45)33(39)46)18-23-12-11-13-23/h8-10,14-15,22-24,26-30,32H,11-13,16-21H2,1-7H3,(H2,39,46)(H,40,47)(H2,41,42,49)/t26-,27?,28+,29-,30-,32+/m0/s1. The molecule has 13 nitrogen and oxygen atoms in total. The summed E-state index contributed by atoms with van der Waals surface area (Å²) in [5.74, 6) is -2.65. The molecule has 0 aromatic heterocycles. The van der Waals surface area contributed by atoms with Gasteiger partial charge in [0.15, 0.2) is 0 Å². The molecule has 1 aliphatic heterocycles. The molecule has 1 heterocycles. The number of ketones is 1. The second-order valence-electron chi connectivity index (χ2n) is 17.6. The summed E-state index contributed by atoms with van der Waals surface area (Å²) >= 11 is 0. The Morgan fingerprint density at radius 2 is 1.60 bits per heavy atom. The first-order valence-electron chi connectivity index (χ1n) is 18.8. The number of sulfonamides is 1. The number of hydrogen-bond acceptors (Lipinski definition) is 7. The van der Waals surface area contributed by atoms with E-state index >= 15 is 0 Å². The molecule has 4 fully saturated rings. The summed E-state index contributed by atoms with van der Waals surface area (Å²) in [6.07, 6.45) is 5.06. The van der Waals surface area contributed by atoms with Crippen molar-refractivity contribution in [1.82, 2.24) is 25.2 Å². The smallest absolute Gasteiger partial charge is 0.315 e. The van der Waals surface area contributed by atoms with Gasteiger partial charge in [0.25, 0.3) is 5.91 Å². The van der Waals surface area contributed by atoms with Crippen LogP contribution in [0.1, 0.15) is 87.0 Å². The second-order valence-corrected chi connectivity index (χ2v) is 19.5. The maximum atomic E-state index is 14.5. The number of benzene rings is 1. The zero-order chi connectivity index (χ0) is 38.3. The van der Waals surface area contributed by atoms with Crippen molar-refractivity contribution in [3.8, 4) is 0 Å². The minimum absolute atomic E-state index is 0.0490. The fourth-order valence-electron chi connectivity index (χ4n) is 7.93. The highest BCUT2D eigenvalue weighted by atomic mass is 32.2. The maximum Gasteiger partial charge on any atom is 0.315 e. The van der Waals surface area contributed by atoms with Crippen LogP contribution in [0, 0.1) is 40.4 Å². The number of carbonyl (C=O) groups is 5. The first-order chi connectivity index (χ1) is 24.2. The fraction of sp³-hybridized carbons (Fsp3) is 0.711. The number of nitrogens with zero attached hydrogens (tertiary/aromatic N) is 2. The highest BCUT2D eigenvalue weighted by Gasteiger charge is 2.70. The topological polar surface area (TPSA) is 188 Å². The van der Waals surface area contributed by atoms with Crippen molar-refractivity contribution in [2.24, 2.45) is 46.2 Å². The summed E-state index contributed by atoms with van der Waals surface area (Å²) in [5.41, 5.74) is 4.37. The molecule has 0 bridgehead atoms. The summed E-state index contributed by atoms with van der Waals surface area (Å²) < 4.78 is 28.9. The molecule has 0 spiro atoms. The zero-order valence-electron chi connectivity index (χ0n) is 31.7. The highest BCUT2D eigenvalue weighted by molar-refractivity contribution is 7.89. The van der Waals surface area contributed by atoms with Crippen LogP contribution < -0.4 is 21.7 Å². The Labute approximate surface area is 308 Å². The predicted octanol–water partition coefficient (Wildman–Crippen LogP) is 3.04. The Kier molecular flexibility index (Phi) is 11.5. The van der Waals surface area contributed by atoms with Crippen molar-refractivity contribution in [2.75, 3.05) is 19.6 Å². The van der Waals surface area contributed by atoms with E-state index in [0.717, 1.165) is 32.1 Å². The lowest BCUT2D eigenvalue weighted by Gasteiger charge is -2.38. The largest absolute Gasteiger partial charge is 0.363 e. The number of Topliss-reactive ketones (excluding diaryl/α,β-unsaturated/α-hetero) is 1. The molecular formula is C38H58N6O7S. The number of primary amides is 1. The van der Waals surface area contributed by atoms with Gasteiger partial charge >= 0.3 is 6.03 Å². The van der Waals surface area contributed by atoms with Crippen LogP contribution in [0.25, 0.3) is 0 Å². The van der Waals surface area contributed by atoms with Crippen LogP contribution in [0.2, 0.25) is 0 Å². The minimum atomic E-state index is -3.82. The number of hydrogen-bond donors (Lipinski definition) is 4. The number of urea groups is 1. The third-order valence-electron chi connectivity index (χ3n) is 11.9. The molecule has 1 aromatic carbocycles. The van der Waals surface area contributed by atoms with Gasteiger partial charge in [0.2, 0.25) is 27.6 Å². The molecule has 5 amide bonds. The van der Waals surface area contributed by atoms with Gasteiger partial charge in [-0.25, -0.2) is 13.2 Å². The van der Waals surface area contributed by atoms with Crippen LogP contribution in [-0.2, 0) is 29.2 Å². The van der Waals surface area contributed by atoms with Crippen LogP contribution in [0.3, 0.4) is 0 Å². The van der Waals surface area contributed by atoms with Gasteiger partial charge in [-0.3, -0.25) is 19.2 Å². The normalized spacial score (nSPS) is 24.3. The van der Waals surface area contributed by atoms with Crippen molar-refractivity contribution >= 4 is 39.6 Å². The van der Waals surface area contributed by atoms with Crippen molar-refractivity contribution in [3.05, 3.63) is 30.3 Å². The van der Waals surface area contributed by atoms with E-state index in [9.17, 15) is 32.4 Å². The third-order valence-corrected chi connectivity index (χ3v) is 13.7. The summed E-state index contributed by atoms with van der Waals surface area (Å²) in [5, 5.41) is 8.65. The molecular weight excluding hydrogens is 685 g/mol. The Morgan fingerprint density at radius 3 is 2.12 bits per heavy atom. The van der Waals surface area contributed by atoms with Gasteiger partial charge in [-0.15, -0.1) is 0 Å². The molecule has 1 aromatic rings. The lowest BCUT2D eigenvalue weighted by molar-refractivity contribution is -0.145. The van der Waals surface area contributed by atoms with Crippen LogP contribution >= 0.6 is 0 Å². The van der Waals surface area contributed by atoms with Crippen LogP contribution in [0.5, 0.6) is 0 Å². The first-order valence-corrected chi connectivity index (χ1v) is 20.2. The average molecular weight is 743 g/mol. The fourth-order valence-corrected chi connectivity index (χ4v) is 9.50. The molecule has 6 atom stereocenters. The number of fused-ring (bicyclic) bond motifs is 1. The monoisotopic (exact) mass is 742 g/mol. The van der Waals surface area contributed by atoms with Crippen molar-refractivity contribution in [3.63, 3.8) is 0 Å². The Morgan fingerprint density at radius 1 is 0.962 bits per heavy atom. The van der Waals surface area contributed by atoms with E-state index in [0.29, 0.717) is 19.5 Å². The van der Waals surface area contributed by atoms with Crippen LogP contribution in [0.15, 0.2) is 35.2 Å². The number of carbonyl (C=O) groups excluding carboxylic acids is 5. The van der Waals surface area contributed by atoms with Crippen molar-refractivity contribution in [1.29, 1.82) is 0 Å². The van der Waals surface area contributed by atoms with Gasteiger partial charge in [-0.2, -0.15) is 4.31 Å². The average Bonchev–Trinajstić information content (AvgIpc) is 3.90. The summed E-state index contributed by atoms with van der Waals surface area (Å²) in [6, 6.07) is 4.10. The Hall–Kier alpha value is -3.52.